The lowest BCUT2D eigenvalue weighted by Crippen LogP contribution is -2.34. The van der Waals surface area contributed by atoms with Crippen molar-refractivity contribution in [3.63, 3.8) is 0 Å². The van der Waals surface area contributed by atoms with Gasteiger partial charge >= 0.3 is 0 Å². The quantitative estimate of drug-likeness (QED) is 0.542. The lowest BCUT2D eigenvalue weighted by Gasteiger charge is -2.39. The van der Waals surface area contributed by atoms with Crippen molar-refractivity contribution in [1.82, 2.24) is 9.97 Å². The lowest BCUT2D eigenvalue weighted by molar-refractivity contribution is -0.118. The average molecular weight is 434 g/mol. The fourth-order valence-corrected chi connectivity index (χ4v) is 4.77. The number of fused-ring (bicyclic) bond motifs is 3. The van der Waals surface area contributed by atoms with Crippen LogP contribution in [0, 0.1) is 5.41 Å². The number of allylic oxidation sites excluding steroid dienone is 2. The van der Waals surface area contributed by atoms with E-state index < -0.39 is 0 Å². The Labute approximate surface area is 172 Å². The molecule has 1 aliphatic carbocycles. The molecule has 0 bridgehead atoms. The maximum absolute atomic E-state index is 13.3. The van der Waals surface area contributed by atoms with Gasteiger partial charge < -0.3 is 5.32 Å². The Morgan fingerprint density at radius 1 is 1.11 bits per heavy atom. The molecule has 0 saturated carbocycles. The van der Waals surface area contributed by atoms with E-state index in [2.05, 4.69) is 57.2 Å². The summed E-state index contributed by atoms with van der Waals surface area (Å²) in [5, 5.41) is 4.64. The number of carbonyl (C=O) groups excluding carboxylic acids is 1. The third kappa shape index (κ3) is 2.76. The van der Waals surface area contributed by atoms with Gasteiger partial charge in [0.25, 0.3) is 0 Å². The molecule has 0 amide bonds. The predicted octanol–water partition coefficient (Wildman–Crippen LogP) is 5.59. The van der Waals surface area contributed by atoms with E-state index in [-0.39, 0.29) is 17.1 Å². The zero-order valence-corrected chi connectivity index (χ0v) is 17.4. The maximum atomic E-state index is 13.3. The second-order valence-corrected chi connectivity index (χ2v) is 9.31. The Morgan fingerprint density at radius 3 is 2.75 bits per heavy atom. The number of benzene rings is 1. The highest BCUT2D eigenvalue weighted by Crippen LogP contribution is 2.50. The summed E-state index contributed by atoms with van der Waals surface area (Å²) in [4.78, 5) is 22.5. The zero-order chi connectivity index (χ0) is 19.5. The van der Waals surface area contributed by atoms with E-state index in [4.69, 9.17) is 0 Å². The molecule has 1 aromatic carbocycles. The van der Waals surface area contributed by atoms with Gasteiger partial charge in [-0.2, -0.15) is 0 Å². The van der Waals surface area contributed by atoms with Crippen LogP contribution in [0.2, 0.25) is 0 Å². The molecule has 0 spiro atoms. The molecule has 3 heterocycles. The predicted molar refractivity (Wildman–Crippen MR) is 114 cm³/mol. The third-order valence-electron chi connectivity index (χ3n) is 5.66. The molecule has 0 radical (unpaired) electrons. The van der Waals surface area contributed by atoms with Gasteiger partial charge in [0.15, 0.2) is 5.78 Å². The number of hydrogen-bond acceptors (Lipinski definition) is 4. The summed E-state index contributed by atoms with van der Waals surface area (Å²) in [5.74, 6) is 0.0239. The SMILES string of the molecule is CC1(C)CC(=O)C2=C(C1)Nc1ccc3ncccc3c1C2c1ccc(Br)cn1. The number of rotatable bonds is 1. The highest BCUT2D eigenvalue weighted by molar-refractivity contribution is 9.10. The first kappa shape index (κ1) is 17.6. The lowest BCUT2D eigenvalue weighted by atomic mass is 9.69. The summed E-state index contributed by atoms with van der Waals surface area (Å²) in [6.45, 7) is 4.31. The van der Waals surface area contributed by atoms with Gasteiger partial charge in [-0.3, -0.25) is 14.8 Å². The van der Waals surface area contributed by atoms with E-state index in [9.17, 15) is 4.79 Å². The average Bonchev–Trinajstić information content (AvgIpc) is 2.66. The number of halogens is 1. The number of ketones is 1. The minimum absolute atomic E-state index is 0.0451. The number of aromatic nitrogens is 2. The normalized spacial score (nSPS) is 20.5. The first-order chi connectivity index (χ1) is 13.4. The summed E-state index contributed by atoms with van der Waals surface area (Å²) >= 11 is 3.47. The van der Waals surface area contributed by atoms with Crippen molar-refractivity contribution in [2.24, 2.45) is 5.41 Å². The highest BCUT2D eigenvalue weighted by atomic mass is 79.9. The minimum atomic E-state index is -0.184. The number of nitrogens with zero attached hydrogens (tertiary/aromatic N) is 2. The Bertz CT molecular complexity index is 1150. The van der Waals surface area contributed by atoms with Gasteiger partial charge in [-0.15, -0.1) is 0 Å². The number of carbonyl (C=O) groups is 1. The molecule has 1 N–H and O–H groups in total. The summed E-state index contributed by atoms with van der Waals surface area (Å²) in [6, 6.07) is 12.1. The molecule has 0 fully saturated rings. The number of anilines is 1. The van der Waals surface area contributed by atoms with E-state index in [0.29, 0.717) is 6.42 Å². The molecular formula is C23H20BrN3O. The van der Waals surface area contributed by atoms with Crippen molar-refractivity contribution in [2.75, 3.05) is 5.32 Å². The van der Waals surface area contributed by atoms with E-state index in [1.54, 1.807) is 12.4 Å². The fraction of sp³-hybridized carbons (Fsp3) is 0.261. The first-order valence-corrected chi connectivity index (χ1v) is 10.2. The monoisotopic (exact) mass is 433 g/mol. The highest BCUT2D eigenvalue weighted by Gasteiger charge is 2.41. The molecule has 5 rings (SSSR count). The maximum Gasteiger partial charge on any atom is 0.162 e. The number of nitrogens with one attached hydrogen (secondary N) is 1. The van der Waals surface area contributed by atoms with Crippen molar-refractivity contribution >= 4 is 38.3 Å². The second-order valence-electron chi connectivity index (χ2n) is 8.39. The molecule has 28 heavy (non-hydrogen) atoms. The second kappa shape index (κ2) is 6.24. The molecule has 4 nitrogen and oxygen atoms in total. The van der Waals surface area contributed by atoms with Crippen LogP contribution in [0.25, 0.3) is 10.9 Å². The van der Waals surface area contributed by atoms with Gasteiger partial charge in [-0.25, -0.2) is 0 Å². The van der Waals surface area contributed by atoms with Crippen LogP contribution in [0.1, 0.15) is 43.9 Å². The summed E-state index contributed by atoms with van der Waals surface area (Å²) < 4.78 is 0.926. The van der Waals surface area contributed by atoms with Crippen LogP contribution in [0.3, 0.4) is 0 Å². The number of Topliss-reactive ketones (excluding diaryl/α,β-unsaturated/α-hetero) is 1. The zero-order valence-electron chi connectivity index (χ0n) is 15.8. The molecule has 2 aliphatic rings. The van der Waals surface area contributed by atoms with Gasteiger partial charge in [0.1, 0.15) is 0 Å². The van der Waals surface area contributed by atoms with Crippen LogP contribution in [-0.2, 0) is 4.79 Å². The summed E-state index contributed by atoms with van der Waals surface area (Å²) in [7, 11) is 0. The van der Waals surface area contributed by atoms with E-state index >= 15 is 0 Å². The van der Waals surface area contributed by atoms with Gasteiger partial charge in [-0.1, -0.05) is 19.9 Å². The van der Waals surface area contributed by atoms with Gasteiger partial charge in [0, 0.05) is 45.6 Å². The Morgan fingerprint density at radius 2 is 1.96 bits per heavy atom. The molecular weight excluding hydrogens is 414 g/mol. The van der Waals surface area contributed by atoms with Crippen LogP contribution in [0.4, 0.5) is 5.69 Å². The van der Waals surface area contributed by atoms with E-state index in [0.717, 1.165) is 50.0 Å². The van der Waals surface area contributed by atoms with Crippen molar-refractivity contribution in [3.8, 4) is 0 Å². The standard InChI is InChI=1S/C23H20BrN3O/c1-23(2)10-18-21(19(28)11-23)22(16-6-5-13(24)12-26-16)20-14-4-3-9-25-15(14)7-8-17(20)27-18/h3-9,12,22,27H,10-11H2,1-2H3. The van der Waals surface area contributed by atoms with Gasteiger partial charge in [0.05, 0.1) is 17.1 Å². The van der Waals surface area contributed by atoms with Crippen LogP contribution in [-0.4, -0.2) is 15.8 Å². The molecule has 5 heteroatoms. The molecule has 1 atom stereocenters. The summed E-state index contributed by atoms with van der Waals surface area (Å²) in [6.07, 6.45) is 5.01. The Balaban J connectivity index is 1.81. The minimum Gasteiger partial charge on any atom is -0.358 e. The number of hydrogen-bond donors (Lipinski definition) is 1. The van der Waals surface area contributed by atoms with E-state index in [1.807, 2.05) is 24.3 Å². The number of pyridine rings is 2. The van der Waals surface area contributed by atoms with E-state index in [1.165, 1.54) is 0 Å². The molecule has 140 valence electrons. The van der Waals surface area contributed by atoms with Gasteiger partial charge in [0.2, 0.25) is 0 Å². The van der Waals surface area contributed by atoms with Crippen molar-refractivity contribution < 1.29 is 4.79 Å². The van der Waals surface area contributed by atoms with Crippen molar-refractivity contribution in [2.45, 2.75) is 32.6 Å². The van der Waals surface area contributed by atoms with Crippen molar-refractivity contribution in [1.29, 1.82) is 0 Å². The third-order valence-corrected chi connectivity index (χ3v) is 6.12. The first-order valence-electron chi connectivity index (χ1n) is 9.45. The smallest absolute Gasteiger partial charge is 0.162 e. The Kier molecular flexibility index (Phi) is 3.91. The topological polar surface area (TPSA) is 54.9 Å². The largest absolute Gasteiger partial charge is 0.358 e. The molecule has 3 aromatic rings. The molecule has 1 aliphatic heterocycles. The van der Waals surface area contributed by atoms with Crippen molar-refractivity contribution in [3.05, 3.63) is 75.8 Å². The molecule has 1 unspecified atom stereocenters. The molecule has 0 saturated heterocycles. The molecule has 2 aromatic heterocycles. The van der Waals surface area contributed by atoms with Crippen LogP contribution < -0.4 is 5.32 Å². The van der Waals surface area contributed by atoms with Crippen LogP contribution in [0.15, 0.2) is 64.5 Å². The summed E-state index contributed by atoms with van der Waals surface area (Å²) in [5.41, 5.74) is 5.80. The van der Waals surface area contributed by atoms with Gasteiger partial charge in [-0.05, 0) is 63.7 Å². The van der Waals surface area contributed by atoms with Crippen LogP contribution in [0.5, 0.6) is 0 Å². The fourth-order valence-electron chi connectivity index (χ4n) is 4.54. The Hall–Kier alpha value is -2.53. The van der Waals surface area contributed by atoms with Crippen LogP contribution >= 0.6 is 15.9 Å².